The Kier molecular flexibility index (Phi) is 5.05. The molecule has 8 nitrogen and oxygen atoms in total. The summed E-state index contributed by atoms with van der Waals surface area (Å²) in [5.74, 6) is 1.73. The van der Waals surface area contributed by atoms with Crippen molar-refractivity contribution in [2.24, 2.45) is 4.99 Å². The topological polar surface area (TPSA) is 90.4 Å². The van der Waals surface area contributed by atoms with Crippen LogP contribution in [0.25, 0.3) is 0 Å². The number of methoxy groups -OCH3 is 4. The molecule has 1 aromatic rings. The zero-order chi connectivity index (χ0) is 16.1. The average molecular weight is 309 g/mol. The van der Waals surface area contributed by atoms with Crippen LogP contribution < -0.4 is 25.1 Å². The Bertz CT molecular complexity index is 563. The third-order valence-corrected chi connectivity index (χ3v) is 3.15. The molecule has 1 atom stereocenters. The highest BCUT2D eigenvalue weighted by Crippen LogP contribution is 2.38. The SMILES string of the molecule is COCC1N=C(c2cc(OC)c(OC)c(OC)c2)NNC1=O. The van der Waals surface area contributed by atoms with Crippen LogP contribution in [0.2, 0.25) is 0 Å². The van der Waals surface area contributed by atoms with Crippen LogP contribution in [0, 0.1) is 0 Å². The van der Waals surface area contributed by atoms with E-state index in [0.29, 0.717) is 28.6 Å². The Hall–Kier alpha value is -2.48. The van der Waals surface area contributed by atoms with Gasteiger partial charge in [-0.05, 0) is 12.1 Å². The van der Waals surface area contributed by atoms with Gasteiger partial charge in [0.2, 0.25) is 5.75 Å². The van der Waals surface area contributed by atoms with Gasteiger partial charge < -0.3 is 18.9 Å². The fourth-order valence-corrected chi connectivity index (χ4v) is 2.09. The first-order valence-electron chi connectivity index (χ1n) is 6.57. The molecule has 1 amide bonds. The standard InChI is InChI=1S/C14H19N3O5/c1-19-7-9-14(18)17-16-13(15-9)8-5-10(20-2)12(22-4)11(6-8)21-3/h5-6,9H,7H2,1-4H3,(H,15,16)(H,17,18). The summed E-state index contributed by atoms with van der Waals surface area (Å²) in [4.78, 5) is 16.0. The fraction of sp³-hybridized carbons (Fsp3) is 0.429. The second-order valence-electron chi connectivity index (χ2n) is 4.48. The van der Waals surface area contributed by atoms with Crippen molar-refractivity contribution in [1.29, 1.82) is 0 Å². The predicted octanol–water partition coefficient (Wildman–Crippen LogP) is 0.108. The highest BCUT2D eigenvalue weighted by atomic mass is 16.5. The molecule has 1 unspecified atom stereocenters. The lowest BCUT2D eigenvalue weighted by molar-refractivity contribution is -0.124. The van der Waals surface area contributed by atoms with E-state index < -0.39 is 6.04 Å². The molecule has 22 heavy (non-hydrogen) atoms. The number of carbonyl (C=O) groups is 1. The molecule has 2 N–H and O–H groups in total. The maximum Gasteiger partial charge on any atom is 0.265 e. The summed E-state index contributed by atoms with van der Waals surface area (Å²) < 4.78 is 20.9. The maximum atomic E-state index is 11.7. The number of amides is 1. The first kappa shape index (κ1) is 15.9. The van der Waals surface area contributed by atoms with E-state index in [1.54, 1.807) is 12.1 Å². The van der Waals surface area contributed by atoms with Crippen molar-refractivity contribution >= 4 is 11.7 Å². The van der Waals surface area contributed by atoms with Crippen LogP contribution in [0.1, 0.15) is 5.56 Å². The molecule has 0 fully saturated rings. The normalized spacial score (nSPS) is 17.2. The van der Waals surface area contributed by atoms with Crippen molar-refractivity contribution in [1.82, 2.24) is 10.9 Å². The van der Waals surface area contributed by atoms with Crippen LogP contribution in [-0.2, 0) is 9.53 Å². The second-order valence-corrected chi connectivity index (χ2v) is 4.48. The quantitative estimate of drug-likeness (QED) is 0.775. The number of nitrogens with one attached hydrogen (secondary N) is 2. The zero-order valence-corrected chi connectivity index (χ0v) is 12.9. The maximum absolute atomic E-state index is 11.7. The van der Waals surface area contributed by atoms with Gasteiger partial charge in [0.15, 0.2) is 17.5 Å². The van der Waals surface area contributed by atoms with Crippen LogP contribution in [-0.4, -0.2) is 52.8 Å². The van der Waals surface area contributed by atoms with E-state index >= 15 is 0 Å². The van der Waals surface area contributed by atoms with Crippen LogP contribution in [0.3, 0.4) is 0 Å². The summed E-state index contributed by atoms with van der Waals surface area (Å²) in [7, 11) is 6.12. The molecule has 0 aromatic heterocycles. The molecule has 120 valence electrons. The van der Waals surface area contributed by atoms with Gasteiger partial charge in [-0.25, -0.2) is 0 Å². The number of benzene rings is 1. The molecule has 1 aliphatic rings. The zero-order valence-electron chi connectivity index (χ0n) is 12.9. The van der Waals surface area contributed by atoms with Gasteiger partial charge in [0, 0.05) is 12.7 Å². The Labute approximate surface area is 128 Å². The smallest absolute Gasteiger partial charge is 0.265 e. The molecule has 0 aliphatic carbocycles. The molecule has 0 spiro atoms. The summed E-state index contributed by atoms with van der Waals surface area (Å²) in [5.41, 5.74) is 6.00. The van der Waals surface area contributed by atoms with E-state index in [-0.39, 0.29) is 12.5 Å². The molecule has 1 aromatic carbocycles. The summed E-state index contributed by atoms with van der Waals surface area (Å²) in [6.07, 6.45) is 0. The molecular formula is C14H19N3O5. The lowest BCUT2D eigenvalue weighted by atomic mass is 10.1. The molecule has 2 rings (SSSR count). The molecule has 0 bridgehead atoms. The minimum Gasteiger partial charge on any atom is -0.493 e. The Morgan fingerprint density at radius 1 is 1.05 bits per heavy atom. The Balaban J connectivity index is 2.43. The first-order valence-corrected chi connectivity index (χ1v) is 6.57. The molecular weight excluding hydrogens is 290 g/mol. The minimum atomic E-state index is -0.611. The van der Waals surface area contributed by atoms with Crippen molar-refractivity contribution in [2.45, 2.75) is 6.04 Å². The number of aliphatic imine (C=N–C) groups is 1. The molecule has 1 aliphatic heterocycles. The van der Waals surface area contributed by atoms with Gasteiger partial charge in [0.25, 0.3) is 5.91 Å². The number of ether oxygens (including phenoxy) is 4. The Morgan fingerprint density at radius 2 is 1.68 bits per heavy atom. The van der Waals surface area contributed by atoms with Crippen LogP contribution >= 0.6 is 0 Å². The van der Waals surface area contributed by atoms with E-state index in [1.807, 2.05) is 0 Å². The fourth-order valence-electron chi connectivity index (χ4n) is 2.09. The lowest BCUT2D eigenvalue weighted by Crippen LogP contribution is -2.52. The van der Waals surface area contributed by atoms with Gasteiger partial charge in [-0.3, -0.25) is 20.6 Å². The van der Waals surface area contributed by atoms with E-state index in [9.17, 15) is 4.79 Å². The number of carbonyl (C=O) groups excluding carboxylic acids is 1. The molecule has 1 heterocycles. The van der Waals surface area contributed by atoms with Gasteiger partial charge >= 0.3 is 0 Å². The van der Waals surface area contributed by atoms with Crippen LogP contribution in [0.4, 0.5) is 0 Å². The molecule has 8 heteroatoms. The summed E-state index contributed by atoms with van der Waals surface area (Å²) in [6.45, 7) is 0.196. The molecule has 0 saturated carbocycles. The van der Waals surface area contributed by atoms with E-state index in [4.69, 9.17) is 18.9 Å². The van der Waals surface area contributed by atoms with Gasteiger partial charge in [0.1, 0.15) is 5.84 Å². The second kappa shape index (κ2) is 6.99. The first-order chi connectivity index (χ1) is 10.6. The number of hydrogen-bond acceptors (Lipinski definition) is 7. The number of amidine groups is 1. The highest BCUT2D eigenvalue weighted by Gasteiger charge is 2.25. The van der Waals surface area contributed by atoms with Gasteiger partial charge in [-0.1, -0.05) is 0 Å². The van der Waals surface area contributed by atoms with Gasteiger partial charge in [0.05, 0.1) is 27.9 Å². The van der Waals surface area contributed by atoms with Crippen molar-refractivity contribution in [3.05, 3.63) is 17.7 Å². The van der Waals surface area contributed by atoms with E-state index in [2.05, 4.69) is 15.8 Å². The third kappa shape index (κ3) is 3.06. The van der Waals surface area contributed by atoms with Crippen LogP contribution in [0.5, 0.6) is 17.2 Å². The minimum absolute atomic E-state index is 0.196. The predicted molar refractivity (Wildman–Crippen MR) is 79.6 cm³/mol. The molecule has 0 radical (unpaired) electrons. The Morgan fingerprint density at radius 3 is 2.18 bits per heavy atom. The number of nitrogens with zero attached hydrogens (tertiary/aromatic N) is 1. The van der Waals surface area contributed by atoms with Gasteiger partial charge in [-0.2, -0.15) is 0 Å². The summed E-state index contributed by atoms with van der Waals surface area (Å²) in [6, 6.07) is 2.88. The number of hydrazine groups is 1. The monoisotopic (exact) mass is 309 g/mol. The molecule has 0 saturated heterocycles. The largest absolute Gasteiger partial charge is 0.493 e. The van der Waals surface area contributed by atoms with Crippen molar-refractivity contribution < 1.29 is 23.7 Å². The van der Waals surface area contributed by atoms with Crippen LogP contribution in [0.15, 0.2) is 17.1 Å². The van der Waals surface area contributed by atoms with E-state index in [1.165, 1.54) is 28.4 Å². The van der Waals surface area contributed by atoms with Crippen molar-refractivity contribution in [3.63, 3.8) is 0 Å². The lowest BCUT2D eigenvalue weighted by Gasteiger charge is -2.23. The summed E-state index contributed by atoms with van der Waals surface area (Å²) >= 11 is 0. The van der Waals surface area contributed by atoms with E-state index in [0.717, 1.165) is 0 Å². The third-order valence-electron chi connectivity index (χ3n) is 3.15. The van der Waals surface area contributed by atoms with Crippen molar-refractivity contribution in [3.8, 4) is 17.2 Å². The summed E-state index contributed by atoms with van der Waals surface area (Å²) in [5, 5.41) is 0. The van der Waals surface area contributed by atoms with Crippen molar-refractivity contribution in [2.75, 3.05) is 35.0 Å². The number of hydrogen-bond donors (Lipinski definition) is 2. The number of rotatable bonds is 6. The highest BCUT2D eigenvalue weighted by molar-refractivity contribution is 6.04. The van der Waals surface area contributed by atoms with Gasteiger partial charge in [-0.15, -0.1) is 0 Å². The average Bonchev–Trinajstić information content (AvgIpc) is 2.55.